The zero-order valence-corrected chi connectivity index (χ0v) is 26.5. The Kier molecular flexibility index (Phi) is 5.35. The van der Waals surface area contributed by atoms with Crippen molar-refractivity contribution in [3.8, 4) is 51.0 Å². The third kappa shape index (κ3) is 4.52. The van der Waals surface area contributed by atoms with Crippen LogP contribution in [0.3, 0.4) is 0 Å². The highest BCUT2D eigenvalue weighted by molar-refractivity contribution is 6.18. The molecule has 0 N–H and O–H groups in total. The van der Waals surface area contributed by atoms with Crippen molar-refractivity contribution in [2.75, 3.05) is 0 Å². The van der Waals surface area contributed by atoms with E-state index in [9.17, 15) is 0 Å². The maximum atomic E-state index is 8.81. The molecule has 0 atom stereocenters. The summed E-state index contributed by atoms with van der Waals surface area (Å²) in [6, 6.07) is 43.7. The molecule has 0 unspecified atom stereocenters. The third-order valence-corrected chi connectivity index (χ3v) is 9.14. The molecule has 0 aliphatic rings. The quantitative estimate of drug-likeness (QED) is 0.187. The van der Waals surface area contributed by atoms with Crippen molar-refractivity contribution in [2.24, 2.45) is 0 Å². The molecule has 3 heterocycles. The molecule has 3 aromatic heterocycles. The third-order valence-electron chi connectivity index (χ3n) is 9.14. The van der Waals surface area contributed by atoms with Crippen LogP contribution in [0.5, 0.6) is 0 Å². The van der Waals surface area contributed by atoms with Crippen molar-refractivity contribution in [1.29, 1.82) is 0 Å². The van der Waals surface area contributed by atoms with Crippen molar-refractivity contribution >= 4 is 43.7 Å². The fourth-order valence-electron chi connectivity index (χ4n) is 6.94. The predicted octanol–water partition coefficient (Wildman–Crippen LogP) is 11.5. The van der Waals surface area contributed by atoms with E-state index in [1.165, 1.54) is 0 Å². The molecule has 0 fully saturated rings. The topological polar surface area (TPSA) is 56.7 Å². The van der Waals surface area contributed by atoms with E-state index < -0.39 is 6.04 Å². The van der Waals surface area contributed by atoms with E-state index in [-0.39, 0.29) is 29.7 Å². The monoisotopic (exact) mass is 645 g/mol. The van der Waals surface area contributed by atoms with Crippen LogP contribution in [0, 0.1) is 0 Å². The zero-order valence-electron chi connectivity index (χ0n) is 31.5. The predicted molar refractivity (Wildman–Crippen MR) is 203 cm³/mol. The first kappa shape index (κ1) is 23.5. The average molecular weight is 646 g/mol. The number of benzene rings is 7. The van der Waals surface area contributed by atoms with E-state index in [2.05, 4.69) is 16.7 Å². The van der Waals surface area contributed by atoms with Crippen LogP contribution in [0.25, 0.3) is 94.7 Å². The van der Waals surface area contributed by atoms with Crippen LogP contribution in [-0.2, 0) is 0 Å². The van der Waals surface area contributed by atoms with Crippen LogP contribution in [0.1, 0.15) is 6.85 Å². The van der Waals surface area contributed by atoms with Crippen molar-refractivity contribution in [3.63, 3.8) is 0 Å². The first-order valence-corrected chi connectivity index (χ1v) is 16.3. The molecule has 10 aromatic rings. The minimum Gasteiger partial charge on any atom is -0.456 e. The second-order valence-corrected chi connectivity index (χ2v) is 12.1. The Hall–Kier alpha value is -6.85. The SMILES string of the molecule is [2H]c1c([2H])c([2H])c(-c2cccc3c2c2ccccc2n3-c2cccc3oc4ccc(-c5nc(-c6ccccc6)nc(-c6ccccc6)n5)cc4c23)c([2H])c1[2H]. The zero-order chi connectivity index (χ0) is 37.4. The van der Waals surface area contributed by atoms with E-state index in [0.29, 0.717) is 34.2 Å². The standard InChI is InChI=1S/C45H28N4O/c1-4-14-29(15-5-1)33-21-12-23-37-41(33)34-20-10-11-22-36(34)49(37)38-24-13-25-40-42(38)35-28-32(26-27-39(35)50-40)45-47-43(30-16-6-2-7-17-30)46-44(48-45)31-18-8-3-9-19-31/h1-28H/i1D,4D,5D,14D,15D. The van der Waals surface area contributed by atoms with Gasteiger partial charge >= 0.3 is 0 Å². The number of furan rings is 1. The molecule has 0 radical (unpaired) electrons. The largest absolute Gasteiger partial charge is 0.456 e. The van der Waals surface area contributed by atoms with Gasteiger partial charge in [-0.3, -0.25) is 0 Å². The molecule has 5 heteroatoms. The van der Waals surface area contributed by atoms with E-state index in [1.807, 2.05) is 127 Å². The number of rotatable bonds is 5. The second-order valence-electron chi connectivity index (χ2n) is 12.1. The molecular formula is C45H28N4O. The summed E-state index contributed by atoms with van der Waals surface area (Å²) in [7, 11) is 0. The molecule has 0 saturated heterocycles. The Balaban J connectivity index is 1.23. The first-order chi connectivity index (χ1) is 26.9. The van der Waals surface area contributed by atoms with Gasteiger partial charge in [0.2, 0.25) is 0 Å². The highest BCUT2D eigenvalue weighted by atomic mass is 16.3. The van der Waals surface area contributed by atoms with Gasteiger partial charge in [-0.05, 0) is 53.6 Å². The number of hydrogen-bond donors (Lipinski definition) is 0. The Bertz CT molecular complexity index is 3070. The van der Waals surface area contributed by atoms with Gasteiger partial charge in [-0.1, -0.05) is 127 Å². The summed E-state index contributed by atoms with van der Waals surface area (Å²) >= 11 is 0. The Morgan fingerprint density at radius 3 is 1.84 bits per heavy atom. The van der Waals surface area contributed by atoms with Crippen molar-refractivity contribution in [1.82, 2.24) is 19.5 Å². The van der Waals surface area contributed by atoms with Gasteiger partial charge < -0.3 is 8.98 Å². The number of hydrogen-bond acceptors (Lipinski definition) is 4. The Labute approximate surface area is 294 Å². The van der Waals surface area contributed by atoms with E-state index in [4.69, 9.17) is 26.2 Å². The number of para-hydroxylation sites is 1. The fourth-order valence-corrected chi connectivity index (χ4v) is 6.94. The van der Waals surface area contributed by atoms with Gasteiger partial charge in [0, 0.05) is 32.8 Å². The molecule has 7 aromatic carbocycles. The molecule has 0 aliphatic carbocycles. The Morgan fingerprint density at radius 1 is 0.460 bits per heavy atom. The first-order valence-electron chi connectivity index (χ1n) is 18.8. The smallest absolute Gasteiger partial charge is 0.164 e. The molecule has 0 aliphatic heterocycles. The molecule has 0 spiro atoms. The summed E-state index contributed by atoms with van der Waals surface area (Å²) in [5.74, 6) is 1.67. The minimum absolute atomic E-state index is 0.165. The van der Waals surface area contributed by atoms with Gasteiger partial charge in [0.05, 0.1) is 29.0 Å². The van der Waals surface area contributed by atoms with E-state index in [1.54, 1.807) is 0 Å². The van der Waals surface area contributed by atoms with Crippen LogP contribution in [0.4, 0.5) is 0 Å². The molecule has 0 saturated carbocycles. The molecule has 0 bridgehead atoms. The van der Waals surface area contributed by atoms with Gasteiger partial charge in [0.25, 0.3) is 0 Å². The van der Waals surface area contributed by atoms with Crippen molar-refractivity contribution in [2.45, 2.75) is 0 Å². The highest BCUT2D eigenvalue weighted by Crippen LogP contribution is 2.42. The molecule has 234 valence electrons. The lowest BCUT2D eigenvalue weighted by molar-refractivity contribution is 0.669. The molecule has 5 nitrogen and oxygen atoms in total. The summed E-state index contributed by atoms with van der Waals surface area (Å²) < 4.78 is 51.3. The van der Waals surface area contributed by atoms with E-state index in [0.717, 1.165) is 55.0 Å². The second kappa shape index (κ2) is 11.4. The summed E-state index contributed by atoms with van der Waals surface area (Å²) in [5, 5.41) is 3.43. The number of aromatic nitrogens is 4. The lowest BCUT2D eigenvalue weighted by Gasteiger charge is -2.11. The Morgan fingerprint density at radius 2 is 1.10 bits per heavy atom. The molecule has 0 amide bonds. The minimum atomic E-state index is -0.420. The van der Waals surface area contributed by atoms with Crippen molar-refractivity contribution < 1.29 is 11.3 Å². The van der Waals surface area contributed by atoms with Crippen molar-refractivity contribution in [3.05, 3.63) is 170 Å². The normalized spacial score (nSPS) is 13.0. The average Bonchev–Trinajstić information content (AvgIpc) is 3.79. The van der Waals surface area contributed by atoms with Gasteiger partial charge in [-0.2, -0.15) is 0 Å². The molecular weight excluding hydrogens is 613 g/mol. The highest BCUT2D eigenvalue weighted by Gasteiger charge is 2.20. The van der Waals surface area contributed by atoms with Gasteiger partial charge in [0.1, 0.15) is 11.2 Å². The van der Waals surface area contributed by atoms with Crippen LogP contribution < -0.4 is 0 Å². The van der Waals surface area contributed by atoms with Crippen LogP contribution in [-0.4, -0.2) is 19.5 Å². The van der Waals surface area contributed by atoms with E-state index >= 15 is 0 Å². The van der Waals surface area contributed by atoms with Crippen LogP contribution >= 0.6 is 0 Å². The lowest BCUT2D eigenvalue weighted by Crippen LogP contribution is -2.00. The fraction of sp³-hybridized carbons (Fsp3) is 0. The maximum Gasteiger partial charge on any atom is 0.164 e. The van der Waals surface area contributed by atoms with Crippen LogP contribution in [0.15, 0.2) is 174 Å². The summed E-state index contributed by atoms with van der Waals surface area (Å²) in [6.07, 6.45) is 0. The number of fused-ring (bicyclic) bond motifs is 6. The maximum absolute atomic E-state index is 8.81. The van der Waals surface area contributed by atoms with Gasteiger partial charge in [0.15, 0.2) is 17.5 Å². The lowest BCUT2D eigenvalue weighted by atomic mass is 9.99. The van der Waals surface area contributed by atoms with Crippen LogP contribution in [0.2, 0.25) is 0 Å². The van der Waals surface area contributed by atoms with Gasteiger partial charge in [-0.15, -0.1) is 0 Å². The number of nitrogens with zero attached hydrogens (tertiary/aromatic N) is 4. The molecule has 50 heavy (non-hydrogen) atoms. The summed E-state index contributed by atoms with van der Waals surface area (Å²) in [6.45, 7) is 0. The summed E-state index contributed by atoms with van der Waals surface area (Å²) in [4.78, 5) is 14.8. The molecule has 10 rings (SSSR count). The summed E-state index contributed by atoms with van der Waals surface area (Å²) in [5.41, 5.74) is 7.28. The van der Waals surface area contributed by atoms with Gasteiger partial charge in [-0.25, -0.2) is 15.0 Å².